The van der Waals surface area contributed by atoms with E-state index in [1.807, 2.05) is 19.9 Å². The third-order valence-corrected chi connectivity index (χ3v) is 3.23. The molecule has 0 saturated heterocycles. The molecule has 1 aromatic carbocycles. The Kier molecular flexibility index (Phi) is 5.56. The summed E-state index contributed by atoms with van der Waals surface area (Å²) in [6.45, 7) is 5.61. The molecule has 0 bridgehead atoms. The average molecular weight is 304 g/mol. The van der Waals surface area contributed by atoms with Gasteiger partial charge in [0.2, 0.25) is 0 Å². The maximum absolute atomic E-state index is 13.8. The summed E-state index contributed by atoms with van der Waals surface area (Å²) < 4.78 is 14.6. The van der Waals surface area contributed by atoms with Gasteiger partial charge in [-0.2, -0.15) is 0 Å². The van der Waals surface area contributed by atoms with Crippen LogP contribution in [0.3, 0.4) is 0 Å². The molecule has 0 fully saturated rings. The summed E-state index contributed by atoms with van der Waals surface area (Å²) >= 11 is 3.36. The van der Waals surface area contributed by atoms with Crippen LogP contribution in [0.1, 0.15) is 25.8 Å². The van der Waals surface area contributed by atoms with Crippen LogP contribution >= 0.6 is 15.9 Å². The van der Waals surface area contributed by atoms with Gasteiger partial charge in [-0.25, -0.2) is 4.39 Å². The van der Waals surface area contributed by atoms with Gasteiger partial charge in [-0.05, 0) is 36.7 Å². The van der Waals surface area contributed by atoms with E-state index in [0.29, 0.717) is 12.1 Å². The molecule has 0 unspecified atom stereocenters. The van der Waals surface area contributed by atoms with Crippen LogP contribution in [0.5, 0.6) is 0 Å². The number of nitrogens with one attached hydrogen (secondary N) is 1. The fourth-order valence-corrected chi connectivity index (χ4v) is 2.08. The third-order valence-electron chi connectivity index (χ3n) is 2.74. The first kappa shape index (κ1) is 14.6. The minimum atomic E-state index is -0.274. The number of halogens is 2. The van der Waals surface area contributed by atoms with E-state index in [-0.39, 0.29) is 17.8 Å². The Labute approximate surface area is 110 Å². The molecule has 1 rings (SSSR count). The molecule has 4 heteroatoms. The third kappa shape index (κ3) is 4.37. The first-order valence-electron chi connectivity index (χ1n) is 5.74. The van der Waals surface area contributed by atoms with Gasteiger partial charge in [-0.3, -0.25) is 0 Å². The molecule has 0 aromatic heterocycles. The number of aliphatic hydroxyl groups is 1. The van der Waals surface area contributed by atoms with E-state index < -0.39 is 0 Å². The smallest absolute Gasteiger partial charge is 0.127 e. The van der Waals surface area contributed by atoms with Crippen molar-refractivity contribution in [1.82, 2.24) is 5.32 Å². The summed E-state index contributed by atoms with van der Waals surface area (Å²) in [5, 5.41) is 11.9. The quantitative estimate of drug-likeness (QED) is 0.792. The van der Waals surface area contributed by atoms with Crippen LogP contribution in [0, 0.1) is 5.82 Å². The zero-order chi connectivity index (χ0) is 12.9. The standard InChI is InChI=1S/C13H19BrFNO/c1-13(2,9-16-6-3-7-17)11-8-10(14)4-5-12(11)15/h4-5,8,16-17H,3,6-7,9H2,1-2H3. The minimum Gasteiger partial charge on any atom is -0.396 e. The highest BCUT2D eigenvalue weighted by Gasteiger charge is 2.23. The van der Waals surface area contributed by atoms with Gasteiger partial charge in [-0.1, -0.05) is 29.8 Å². The molecular formula is C13H19BrFNO. The Hall–Kier alpha value is -0.450. The number of benzene rings is 1. The first-order valence-corrected chi connectivity index (χ1v) is 6.54. The topological polar surface area (TPSA) is 32.3 Å². The zero-order valence-electron chi connectivity index (χ0n) is 10.3. The molecule has 2 nitrogen and oxygen atoms in total. The van der Waals surface area contributed by atoms with Gasteiger partial charge < -0.3 is 10.4 Å². The SMILES string of the molecule is CC(C)(CNCCCO)c1cc(Br)ccc1F. The van der Waals surface area contributed by atoms with E-state index in [1.165, 1.54) is 6.07 Å². The van der Waals surface area contributed by atoms with E-state index in [0.717, 1.165) is 17.4 Å². The van der Waals surface area contributed by atoms with Crippen LogP contribution in [0.15, 0.2) is 22.7 Å². The Morgan fingerprint density at radius 3 is 2.76 bits per heavy atom. The lowest BCUT2D eigenvalue weighted by Gasteiger charge is -2.26. The van der Waals surface area contributed by atoms with Gasteiger partial charge in [0.25, 0.3) is 0 Å². The number of hydrogen-bond acceptors (Lipinski definition) is 2. The molecule has 0 radical (unpaired) electrons. The molecule has 96 valence electrons. The van der Waals surface area contributed by atoms with E-state index in [9.17, 15) is 4.39 Å². The highest BCUT2D eigenvalue weighted by Crippen LogP contribution is 2.27. The maximum Gasteiger partial charge on any atom is 0.127 e. The molecule has 0 spiro atoms. The summed E-state index contributed by atoms with van der Waals surface area (Å²) in [5.74, 6) is -0.179. The van der Waals surface area contributed by atoms with Crippen LogP contribution < -0.4 is 5.32 Å². The largest absolute Gasteiger partial charge is 0.396 e. The van der Waals surface area contributed by atoms with Crippen molar-refractivity contribution in [3.8, 4) is 0 Å². The van der Waals surface area contributed by atoms with Crippen molar-refractivity contribution in [2.45, 2.75) is 25.7 Å². The second-order valence-corrected chi connectivity index (χ2v) is 5.68. The van der Waals surface area contributed by atoms with Crippen molar-refractivity contribution in [3.05, 3.63) is 34.1 Å². The van der Waals surface area contributed by atoms with Crippen molar-refractivity contribution in [2.24, 2.45) is 0 Å². The summed E-state index contributed by atoms with van der Waals surface area (Å²) in [6, 6.07) is 5.01. The summed E-state index contributed by atoms with van der Waals surface area (Å²) in [4.78, 5) is 0. The second-order valence-electron chi connectivity index (χ2n) is 4.76. The van der Waals surface area contributed by atoms with Crippen LogP contribution in [0.4, 0.5) is 4.39 Å². The second kappa shape index (κ2) is 6.47. The lowest BCUT2D eigenvalue weighted by Crippen LogP contribution is -2.34. The molecule has 0 heterocycles. The van der Waals surface area contributed by atoms with E-state index >= 15 is 0 Å². The molecule has 1 aromatic rings. The van der Waals surface area contributed by atoms with Gasteiger partial charge in [0.05, 0.1) is 0 Å². The van der Waals surface area contributed by atoms with Crippen LogP contribution in [0.2, 0.25) is 0 Å². The van der Waals surface area contributed by atoms with E-state index in [1.54, 1.807) is 6.07 Å². The Morgan fingerprint density at radius 2 is 2.12 bits per heavy atom. The fraction of sp³-hybridized carbons (Fsp3) is 0.538. The minimum absolute atomic E-state index is 0.179. The lowest BCUT2D eigenvalue weighted by atomic mass is 9.84. The number of hydrogen-bond donors (Lipinski definition) is 2. The van der Waals surface area contributed by atoms with Crippen LogP contribution in [-0.2, 0) is 5.41 Å². The highest BCUT2D eigenvalue weighted by atomic mass is 79.9. The van der Waals surface area contributed by atoms with Gasteiger partial charge in [-0.15, -0.1) is 0 Å². The fourth-order valence-electron chi connectivity index (χ4n) is 1.72. The Balaban J connectivity index is 2.71. The first-order chi connectivity index (χ1) is 7.97. The summed E-state index contributed by atoms with van der Waals surface area (Å²) in [5.41, 5.74) is 0.423. The number of rotatable bonds is 6. The monoisotopic (exact) mass is 303 g/mol. The molecule has 0 aliphatic heterocycles. The van der Waals surface area contributed by atoms with Crippen molar-refractivity contribution in [1.29, 1.82) is 0 Å². The molecular weight excluding hydrogens is 285 g/mol. The Bertz CT molecular complexity index is 368. The molecule has 17 heavy (non-hydrogen) atoms. The summed E-state index contributed by atoms with van der Waals surface area (Å²) in [6.07, 6.45) is 0.719. The van der Waals surface area contributed by atoms with Gasteiger partial charge in [0.15, 0.2) is 0 Å². The summed E-state index contributed by atoms with van der Waals surface area (Å²) in [7, 11) is 0. The molecule has 2 N–H and O–H groups in total. The van der Waals surface area contributed by atoms with Crippen LogP contribution in [0.25, 0.3) is 0 Å². The average Bonchev–Trinajstić information content (AvgIpc) is 2.28. The van der Waals surface area contributed by atoms with Gasteiger partial charge >= 0.3 is 0 Å². The number of aliphatic hydroxyl groups excluding tert-OH is 1. The van der Waals surface area contributed by atoms with Crippen molar-refractivity contribution >= 4 is 15.9 Å². The van der Waals surface area contributed by atoms with E-state index in [4.69, 9.17) is 5.11 Å². The Morgan fingerprint density at radius 1 is 1.41 bits per heavy atom. The van der Waals surface area contributed by atoms with E-state index in [2.05, 4.69) is 21.2 Å². The van der Waals surface area contributed by atoms with Crippen LogP contribution in [-0.4, -0.2) is 24.8 Å². The predicted molar refractivity (Wildman–Crippen MR) is 71.7 cm³/mol. The van der Waals surface area contributed by atoms with Gasteiger partial charge in [0, 0.05) is 23.0 Å². The highest BCUT2D eigenvalue weighted by molar-refractivity contribution is 9.10. The van der Waals surface area contributed by atoms with Gasteiger partial charge in [0.1, 0.15) is 5.82 Å². The molecule has 0 atom stereocenters. The van der Waals surface area contributed by atoms with Crippen molar-refractivity contribution < 1.29 is 9.50 Å². The maximum atomic E-state index is 13.8. The zero-order valence-corrected chi connectivity index (χ0v) is 11.8. The predicted octanol–water partition coefficient (Wildman–Crippen LogP) is 2.84. The van der Waals surface area contributed by atoms with Crippen molar-refractivity contribution in [2.75, 3.05) is 19.7 Å². The molecule has 0 aliphatic rings. The molecule has 0 aliphatic carbocycles. The lowest BCUT2D eigenvalue weighted by molar-refractivity contribution is 0.283. The van der Waals surface area contributed by atoms with Crippen molar-refractivity contribution in [3.63, 3.8) is 0 Å². The molecule has 0 saturated carbocycles. The molecule has 0 amide bonds. The normalized spacial score (nSPS) is 11.8.